The lowest BCUT2D eigenvalue weighted by Crippen LogP contribution is -2.40. The Morgan fingerprint density at radius 3 is 2.38 bits per heavy atom. The highest BCUT2D eigenvalue weighted by atomic mass is 32.2. The quantitative estimate of drug-likeness (QED) is 0.0941. The monoisotopic (exact) mass is 696 g/mol. The molecule has 2 atom stereocenters. The maximum absolute atomic E-state index is 13.5. The van der Waals surface area contributed by atoms with Crippen LogP contribution in [0.1, 0.15) is 51.8 Å². The van der Waals surface area contributed by atoms with Crippen LogP contribution in [0.3, 0.4) is 0 Å². The number of carbonyl (C=O) groups is 2. The molecule has 2 aromatic carbocycles. The number of esters is 1. The number of nitrogens with one attached hydrogen (secondary N) is 1. The van der Waals surface area contributed by atoms with Crippen molar-refractivity contribution in [2.24, 2.45) is 10.7 Å². The zero-order valence-electron chi connectivity index (χ0n) is 26.7. The lowest BCUT2D eigenvalue weighted by atomic mass is 9.97. The molecule has 1 aliphatic heterocycles. The molecule has 1 unspecified atom stereocenters. The maximum Gasteiger partial charge on any atom is 0.435 e. The molecule has 1 saturated heterocycles. The second-order valence-corrected chi connectivity index (χ2v) is 13.7. The summed E-state index contributed by atoms with van der Waals surface area (Å²) in [6.07, 6.45) is -6.23. The van der Waals surface area contributed by atoms with Gasteiger partial charge in [0.15, 0.2) is 5.69 Å². The Labute approximate surface area is 274 Å². The second-order valence-electron chi connectivity index (χ2n) is 12.0. The van der Waals surface area contributed by atoms with Crippen molar-refractivity contribution in [1.29, 1.82) is 0 Å². The topological polar surface area (TPSA) is 167 Å². The maximum atomic E-state index is 13.5. The minimum absolute atomic E-state index is 0.134. The van der Waals surface area contributed by atoms with E-state index in [1.807, 2.05) is 6.92 Å². The average Bonchev–Trinajstić information content (AvgIpc) is 3.67. The van der Waals surface area contributed by atoms with Crippen molar-refractivity contribution >= 4 is 22.1 Å². The van der Waals surface area contributed by atoms with Crippen molar-refractivity contribution in [3.05, 3.63) is 71.1 Å². The Kier molecular flexibility index (Phi) is 10.6. The third kappa shape index (κ3) is 8.93. The van der Waals surface area contributed by atoms with Gasteiger partial charge in [-0.2, -0.15) is 18.3 Å². The van der Waals surface area contributed by atoms with E-state index in [-0.39, 0.29) is 34.4 Å². The molecule has 0 spiro atoms. The van der Waals surface area contributed by atoms with E-state index in [9.17, 15) is 36.4 Å². The van der Waals surface area contributed by atoms with Crippen molar-refractivity contribution < 1.29 is 50.5 Å². The molecule has 1 amide bonds. The number of alkyl halides is 3. The summed E-state index contributed by atoms with van der Waals surface area (Å²) in [4.78, 5) is 29.1. The van der Waals surface area contributed by atoms with Gasteiger partial charge >= 0.3 is 18.2 Å². The first-order valence-electron chi connectivity index (χ1n) is 14.7. The van der Waals surface area contributed by atoms with E-state index >= 15 is 0 Å². The number of hydrazine groups is 1. The molecule has 0 bridgehead atoms. The molecule has 0 aliphatic carbocycles. The van der Waals surface area contributed by atoms with Gasteiger partial charge in [0.05, 0.1) is 33.2 Å². The Morgan fingerprint density at radius 1 is 1.12 bits per heavy atom. The lowest BCUT2D eigenvalue weighted by molar-refractivity contribution is -0.716. The number of ether oxygens (including phenoxy) is 2. The van der Waals surface area contributed by atoms with Crippen molar-refractivity contribution in [3.63, 3.8) is 0 Å². The van der Waals surface area contributed by atoms with Gasteiger partial charge in [0.25, 0.3) is 16.3 Å². The summed E-state index contributed by atoms with van der Waals surface area (Å²) in [5.41, 5.74) is -0.278. The Balaban J connectivity index is 1.38. The number of nitrogens with zero attached hydrogens (tertiary/aromatic N) is 5. The average molecular weight is 697 g/mol. The number of hydrogen-bond donors (Lipinski definition) is 1. The Morgan fingerprint density at radius 2 is 1.77 bits per heavy atom. The zero-order chi connectivity index (χ0) is 35.4. The molecule has 4 rings (SSSR count). The van der Waals surface area contributed by atoms with E-state index in [0.717, 1.165) is 28.4 Å². The number of benzene rings is 2. The minimum Gasteiger partial charge on any atom is -0.569 e. The van der Waals surface area contributed by atoms with E-state index in [1.165, 1.54) is 24.1 Å². The summed E-state index contributed by atoms with van der Waals surface area (Å²) < 4.78 is 79.3. The number of hydrogen-bond acceptors (Lipinski definition) is 10. The molecule has 18 heteroatoms. The fourth-order valence-corrected chi connectivity index (χ4v) is 5.39. The predicted octanol–water partition coefficient (Wildman–Crippen LogP) is 5.49. The smallest absolute Gasteiger partial charge is 0.435 e. The third-order valence-electron chi connectivity index (χ3n) is 7.08. The van der Waals surface area contributed by atoms with Crippen molar-refractivity contribution in [2.45, 2.75) is 70.9 Å². The van der Waals surface area contributed by atoms with Gasteiger partial charge in [-0.25, -0.2) is 22.6 Å². The molecule has 1 N–H and O–H groups in total. The highest BCUT2D eigenvalue weighted by molar-refractivity contribution is 7.90. The molecule has 1 aromatic heterocycles. The molecule has 260 valence electrons. The first kappa shape index (κ1) is 36.0. The lowest BCUT2D eigenvalue weighted by Gasteiger charge is -2.21. The molecule has 0 saturated carbocycles. The summed E-state index contributed by atoms with van der Waals surface area (Å²) in [6, 6.07) is 11.7. The molecule has 3 aromatic rings. The first-order valence-corrected chi connectivity index (χ1v) is 16.2. The number of sulfonamides is 1. The number of aromatic nitrogens is 2. The van der Waals surface area contributed by atoms with Gasteiger partial charge in [0, 0.05) is 12.5 Å². The van der Waals surface area contributed by atoms with Crippen molar-refractivity contribution in [3.8, 4) is 16.9 Å². The fraction of sp³-hybridized carbons (Fsp3) is 0.433. The van der Waals surface area contributed by atoms with Gasteiger partial charge < -0.3 is 14.7 Å². The minimum atomic E-state index is -4.72. The summed E-state index contributed by atoms with van der Waals surface area (Å²) >= 11 is 0. The summed E-state index contributed by atoms with van der Waals surface area (Å²) in [6.45, 7) is 8.02. The summed E-state index contributed by atoms with van der Waals surface area (Å²) in [5.74, 6) is -0.559. The van der Waals surface area contributed by atoms with Crippen LogP contribution in [-0.2, 0) is 35.3 Å². The Bertz CT molecular complexity index is 1750. The molecule has 0 radical (unpaired) electrons. The van der Waals surface area contributed by atoms with E-state index in [2.05, 4.69) is 10.4 Å². The van der Waals surface area contributed by atoms with Gasteiger partial charge in [-0.1, -0.05) is 29.8 Å². The largest absolute Gasteiger partial charge is 0.569 e. The third-order valence-corrected chi connectivity index (χ3v) is 8.41. The van der Waals surface area contributed by atoms with Crippen LogP contribution in [0.5, 0.6) is 0 Å². The van der Waals surface area contributed by atoms with E-state index in [0.29, 0.717) is 18.4 Å². The van der Waals surface area contributed by atoms with Gasteiger partial charge in [-0.05, 0) is 70.9 Å². The molecular formula is C30H35F3N6O8S. The molecule has 2 heterocycles. The molecule has 1 aliphatic rings. The van der Waals surface area contributed by atoms with Crippen LogP contribution in [0, 0.1) is 17.5 Å². The van der Waals surface area contributed by atoms with Crippen LogP contribution >= 0.6 is 0 Å². The number of aryl methyl sites for hydroxylation is 1. The van der Waals surface area contributed by atoms with Gasteiger partial charge in [0.2, 0.25) is 5.28 Å². The second kappa shape index (κ2) is 14.1. The highest BCUT2D eigenvalue weighted by Gasteiger charge is 2.36. The number of halogens is 3. The van der Waals surface area contributed by atoms with Crippen molar-refractivity contribution in [2.75, 3.05) is 13.2 Å². The van der Waals surface area contributed by atoms with E-state index in [4.69, 9.17) is 14.3 Å². The van der Waals surface area contributed by atoms with Crippen molar-refractivity contribution in [1.82, 2.24) is 19.5 Å². The van der Waals surface area contributed by atoms with Gasteiger partial charge in [-0.3, -0.25) is 9.63 Å². The normalized spacial score (nSPS) is 16.4. The van der Waals surface area contributed by atoms with Crippen LogP contribution in [-0.4, -0.2) is 65.7 Å². The zero-order valence-corrected chi connectivity index (χ0v) is 27.5. The number of rotatable bonds is 10. The summed E-state index contributed by atoms with van der Waals surface area (Å²) in [7, 11) is -4.46. The Hall–Kier alpha value is -4.87. The van der Waals surface area contributed by atoms with Crippen LogP contribution in [0.2, 0.25) is 0 Å². The van der Waals surface area contributed by atoms with Gasteiger partial charge in [-0.15, -0.1) is 5.01 Å². The molecule has 1 fully saturated rings. The summed E-state index contributed by atoms with van der Waals surface area (Å²) in [5, 5.41) is 20.8. The van der Waals surface area contributed by atoms with Crippen LogP contribution < -0.4 is 4.72 Å². The standard InChI is InChI=1S/C30H35F3N6O8S/c1-19-8-10-21(11-9-19)25-17-26(30(31,32)33)34-38(25)22-12-14-24(15-13-22)48(43,44)35-28(41)45-18-23-7-6-16-37(23)39(42)36-47-20(2)46-27(40)29(3,4)5/h8-15,17,20,23H,6-7,16,18H2,1-5H3,(H,35,41)/t20?,23-/m0/s1. The molecule has 14 nitrogen and oxygen atoms in total. The van der Waals surface area contributed by atoms with E-state index < -0.39 is 51.7 Å². The predicted molar refractivity (Wildman–Crippen MR) is 162 cm³/mol. The first-order chi connectivity index (χ1) is 22.3. The fourth-order valence-electron chi connectivity index (χ4n) is 4.50. The number of amides is 1. The molecule has 48 heavy (non-hydrogen) atoms. The van der Waals surface area contributed by atoms with Gasteiger partial charge in [0.1, 0.15) is 12.6 Å². The van der Waals surface area contributed by atoms with Crippen LogP contribution in [0.15, 0.2) is 64.8 Å². The number of carbonyl (C=O) groups excluding carboxylic acids is 2. The SMILES string of the molecule is Cc1ccc(-c2cc(C(F)(F)F)nn2-c2ccc(S(=O)(=O)NC(=O)OC[C@@H]3CCCN3[N+]([O-])=NOC(C)OC(=O)C(C)(C)C)cc2)cc1. The van der Waals surface area contributed by atoms with E-state index in [1.54, 1.807) is 49.8 Å². The van der Waals surface area contributed by atoms with Crippen LogP contribution in [0.4, 0.5) is 18.0 Å². The highest BCUT2D eigenvalue weighted by Crippen LogP contribution is 2.33. The molecular weight excluding hydrogens is 661 g/mol. The van der Waals surface area contributed by atoms with Crippen LogP contribution in [0.25, 0.3) is 16.9 Å².